The summed E-state index contributed by atoms with van der Waals surface area (Å²) < 4.78 is 5.70. The van der Waals surface area contributed by atoms with Crippen molar-refractivity contribution in [1.82, 2.24) is 4.98 Å². The number of thiazole rings is 1. The molecule has 5 heteroatoms. The Hall–Kier alpha value is -2.66. The topological polar surface area (TPSA) is 42.4 Å². The van der Waals surface area contributed by atoms with Crippen LogP contribution in [0.3, 0.4) is 0 Å². The lowest BCUT2D eigenvalue weighted by Crippen LogP contribution is -2.26. The molecule has 0 bridgehead atoms. The molecule has 0 aliphatic heterocycles. The van der Waals surface area contributed by atoms with Crippen LogP contribution in [-0.4, -0.2) is 17.9 Å². The van der Waals surface area contributed by atoms with Gasteiger partial charge in [0, 0.05) is 23.7 Å². The number of amides is 1. The highest BCUT2D eigenvalue weighted by molar-refractivity contribution is 7.07. The van der Waals surface area contributed by atoms with Gasteiger partial charge in [-0.2, -0.15) is 0 Å². The maximum Gasteiger partial charge on any atom is 0.258 e. The minimum atomic E-state index is -0.0738. The summed E-state index contributed by atoms with van der Waals surface area (Å²) in [6.07, 6.45) is 0. The molecule has 1 aromatic heterocycles. The minimum absolute atomic E-state index is 0.0738. The van der Waals surface area contributed by atoms with Crippen molar-refractivity contribution >= 4 is 22.9 Å². The third kappa shape index (κ3) is 3.76. The Bertz CT molecular complexity index is 773. The van der Waals surface area contributed by atoms with Gasteiger partial charge in [-0.25, -0.2) is 4.98 Å². The predicted molar refractivity (Wildman–Crippen MR) is 92.1 cm³/mol. The van der Waals surface area contributed by atoms with Crippen LogP contribution in [0.5, 0.6) is 5.75 Å². The van der Waals surface area contributed by atoms with Crippen LogP contribution >= 0.6 is 11.3 Å². The lowest BCUT2D eigenvalue weighted by atomic mass is 10.2. The SMILES string of the molecule is CN(C(=O)c1cccc(OCc2cscn2)c1)c1ccccc1. The van der Waals surface area contributed by atoms with Crippen LogP contribution in [0.25, 0.3) is 0 Å². The normalized spacial score (nSPS) is 10.3. The fourth-order valence-electron chi connectivity index (χ4n) is 2.15. The van der Waals surface area contributed by atoms with Crippen LogP contribution in [0.15, 0.2) is 65.5 Å². The van der Waals surface area contributed by atoms with E-state index in [1.54, 1.807) is 29.6 Å². The molecule has 2 aromatic carbocycles. The predicted octanol–water partition coefficient (Wildman–Crippen LogP) is 4.00. The fourth-order valence-corrected chi connectivity index (χ4v) is 2.69. The third-order valence-corrected chi connectivity index (χ3v) is 4.03. The van der Waals surface area contributed by atoms with E-state index in [0.29, 0.717) is 17.9 Å². The summed E-state index contributed by atoms with van der Waals surface area (Å²) in [5.74, 6) is 0.584. The van der Waals surface area contributed by atoms with E-state index in [1.165, 1.54) is 11.3 Å². The number of anilines is 1. The summed E-state index contributed by atoms with van der Waals surface area (Å²) in [6.45, 7) is 0.398. The van der Waals surface area contributed by atoms with Gasteiger partial charge >= 0.3 is 0 Å². The molecule has 0 unspecified atom stereocenters. The van der Waals surface area contributed by atoms with Crippen molar-refractivity contribution in [3.8, 4) is 5.75 Å². The molecule has 0 N–H and O–H groups in total. The zero-order valence-corrected chi connectivity index (χ0v) is 13.5. The Labute approximate surface area is 139 Å². The van der Waals surface area contributed by atoms with Gasteiger partial charge in [0.05, 0.1) is 11.2 Å². The van der Waals surface area contributed by atoms with Crippen molar-refractivity contribution in [2.45, 2.75) is 6.61 Å². The number of para-hydroxylation sites is 1. The number of nitrogens with zero attached hydrogens (tertiary/aromatic N) is 2. The largest absolute Gasteiger partial charge is 0.487 e. The average molecular weight is 324 g/mol. The van der Waals surface area contributed by atoms with Crippen LogP contribution in [0, 0.1) is 0 Å². The van der Waals surface area contributed by atoms with Gasteiger partial charge in [0.2, 0.25) is 0 Å². The molecule has 0 aliphatic carbocycles. The van der Waals surface area contributed by atoms with Gasteiger partial charge < -0.3 is 9.64 Å². The first-order valence-electron chi connectivity index (χ1n) is 7.17. The molecule has 0 atom stereocenters. The van der Waals surface area contributed by atoms with Gasteiger partial charge in [0.25, 0.3) is 5.91 Å². The Morgan fingerprint density at radius 1 is 1.17 bits per heavy atom. The summed E-state index contributed by atoms with van der Waals surface area (Å²) in [5, 5.41) is 1.94. The monoisotopic (exact) mass is 324 g/mol. The van der Waals surface area contributed by atoms with E-state index >= 15 is 0 Å². The van der Waals surface area contributed by atoms with Crippen molar-refractivity contribution in [2.75, 3.05) is 11.9 Å². The minimum Gasteiger partial charge on any atom is -0.487 e. The number of aromatic nitrogens is 1. The zero-order chi connectivity index (χ0) is 16.1. The quantitative estimate of drug-likeness (QED) is 0.712. The van der Waals surface area contributed by atoms with Gasteiger partial charge in [0.15, 0.2) is 0 Å². The molecule has 3 rings (SSSR count). The number of hydrogen-bond donors (Lipinski definition) is 0. The highest BCUT2D eigenvalue weighted by Crippen LogP contribution is 2.19. The highest BCUT2D eigenvalue weighted by Gasteiger charge is 2.13. The van der Waals surface area contributed by atoms with Crippen LogP contribution in [0.4, 0.5) is 5.69 Å². The van der Waals surface area contributed by atoms with E-state index in [4.69, 9.17) is 4.74 Å². The van der Waals surface area contributed by atoms with Gasteiger partial charge in [-0.05, 0) is 30.3 Å². The molecule has 116 valence electrons. The lowest BCUT2D eigenvalue weighted by molar-refractivity contribution is 0.0992. The second kappa shape index (κ2) is 7.07. The summed E-state index contributed by atoms with van der Waals surface area (Å²) in [4.78, 5) is 18.4. The molecule has 0 saturated carbocycles. The molecule has 0 spiro atoms. The number of rotatable bonds is 5. The number of ether oxygens (including phenoxy) is 1. The standard InChI is InChI=1S/C18H16N2O2S/c1-20(16-7-3-2-4-8-16)18(21)14-6-5-9-17(10-14)22-11-15-12-23-13-19-15/h2-10,12-13H,11H2,1H3. The Morgan fingerprint density at radius 2 is 2.00 bits per heavy atom. The summed E-state index contributed by atoms with van der Waals surface area (Å²) in [7, 11) is 1.76. The van der Waals surface area contributed by atoms with E-state index < -0.39 is 0 Å². The second-order valence-electron chi connectivity index (χ2n) is 5.00. The number of carbonyl (C=O) groups is 1. The van der Waals surface area contributed by atoms with Crippen LogP contribution in [0.2, 0.25) is 0 Å². The van der Waals surface area contributed by atoms with Gasteiger partial charge in [-0.15, -0.1) is 11.3 Å². The first-order chi connectivity index (χ1) is 11.2. The first kappa shape index (κ1) is 15.2. The maximum atomic E-state index is 12.6. The smallest absolute Gasteiger partial charge is 0.258 e. The zero-order valence-electron chi connectivity index (χ0n) is 12.7. The Balaban J connectivity index is 1.72. The Kier molecular flexibility index (Phi) is 4.68. The van der Waals surface area contributed by atoms with Crippen molar-refractivity contribution in [2.24, 2.45) is 0 Å². The van der Waals surface area contributed by atoms with E-state index in [1.807, 2.05) is 47.8 Å². The number of hydrogen-bond acceptors (Lipinski definition) is 4. The first-order valence-corrected chi connectivity index (χ1v) is 8.11. The lowest BCUT2D eigenvalue weighted by Gasteiger charge is -2.17. The van der Waals surface area contributed by atoms with Crippen LogP contribution in [-0.2, 0) is 6.61 Å². The summed E-state index contributed by atoms with van der Waals surface area (Å²) in [5.41, 5.74) is 4.10. The molecule has 0 radical (unpaired) electrons. The van der Waals surface area contributed by atoms with Crippen LogP contribution < -0.4 is 9.64 Å². The summed E-state index contributed by atoms with van der Waals surface area (Å²) >= 11 is 1.53. The highest BCUT2D eigenvalue weighted by atomic mass is 32.1. The van der Waals surface area contributed by atoms with Gasteiger partial charge in [0.1, 0.15) is 12.4 Å². The molecular formula is C18H16N2O2S. The fraction of sp³-hybridized carbons (Fsp3) is 0.111. The molecule has 0 saturated heterocycles. The molecule has 23 heavy (non-hydrogen) atoms. The van der Waals surface area contributed by atoms with E-state index in [0.717, 1.165) is 11.4 Å². The molecule has 0 aliphatic rings. The maximum absolute atomic E-state index is 12.6. The van der Waals surface area contributed by atoms with Crippen molar-refractivity contribution < 1.29 is 9.53 Å². The Morgan fingerprint density at radius 3 is 2.74 bits per heavy atom. The molecule has 0 fully saturated rings. The third-order valence-electron chi connectivity index (χ3n) is 3.40. The van der Waals surface area contributed by atoms with Gasteiger partial charge in [-0.3, -0.25) is 4.79 Å². The second-order valence-corrected chi connectivity index (χ2v) is 5.71. The van der Waals surface area contributed by atoms with E-state index in [9.17, 15) is 4.79 Å². The average Bonchev–Trinajstić information content (AvgIpc) is 3.13. The summed E-state index contributed by atoms with van der Waals surface area (Å²) in [6, 6.07) is 16.8. The molecule has 1 heterocycles. The molecule has 1 amide bonds. The van der Waals surface area contributed by atoms with Gasteiger partial charge in [-0.1, -0.05) is 24.3 Å². The van der Waals surface area contributed by atoms with Crippen molar-refractivity contribution in [3.63, 3.8) is 0 Å². The van der Waals surface area contributed by atoms with E-state index in [-0.39, 0.29) is 5.91 Å². The van der Waals surface area contributed by atoms with Crippen molar-refractivity contribution in [1.29, 1.82) is 0 Å². The molecular weight excluding hydrogens is 308 g/mol. The number of benzene rings is 2. The molecule has 3 aromatic rings. The molecule has 4 nitrogen and oxygen atoms in total. The van der Waals surface area contributed by atoms with Crippen molar-refractivity contribution in [3.05, 3.63) is 76.7 Å². The van der Waals surface area contributed by atoms with E-state index in [2.05, 4.69) is 4.98 Å². The number of carbonyl (C=O) groups excluding carboxylic acids is 1. The van der Waals surface area contributed by atoms with Crippen LogP contribution in [0.1, 0.15) is 16.1 Å².